The van der Waals surface area contributed by atoms with Crippen LogP contribution >= 0.6 is 11.6 Å². The largest absolute Gasteiger partial charge is 0.455 e. The summed E-state index contributed by atoms with van der Waals surface area (Å²) in [6.45, 7) is 1.97. The van der Waals surface area contributed by atoms with Crippen LogP contribution in [0.25, 0.3) is 10.9 Å². The third kappa shape index (κ3) is 2.40. The van der Waals surface area contributed by atoms with E-state index in [0.29, 0.717) is 22.2 Å². The van der Waals surface area contributed by atoms with E-state index in [1.165, 1.54) is 0 Å². The van der Waals surface area contributed by atoms with E-state index in [1.54, 1.807) is 18.3 Å². The molecule has 20 heavy (non-hydrogen) atoms. The highest BCUT2D eigenvalue weighted by atomic mass is 35.5. The molecule has 0 bridgehead atoms. The molecular weight excluding hydrogens is 272 g/mol. The van der Waals surface area contributed by atoms with Gasteiger partial charge in [0.2, 0.25) is 0 Å². The van der Waals surface area contributed by atoms with Crippen molar-refractivity contribution >= 4 is 28.2 Å². The van der Waals surface area contributed by atoms with Crippen LogP contribution in [0.1, 0.15) is 5.56 Å². The molecule has 0 aliphatic rings. The van der Waals surface area contributed by atoms with Gasteiger partial charge in [-0.05, 0) is 48.9 Å². The van der Waals surface area contributed by atoms with Gasteiger partial charge in [0.25, 0.3) is 0 Å². The molecule has 0 saturated carbocycles. The lowest BCUT2D eigenvalue weighted by Gasteiger charge is -2.10. The molecule has 0 spiro atoms. The van der Waals surface area contributed by atoms with Gasteiger partial charge >= 0.3 is 0 Å². The van der Waals surface area contributed by atoms with E-state index in [2.05, 4.69) is 4.98 Å². The minimum Gasteiger partial charge on any atom is -0.455 e. The zero-order valence-corrected chi connectivity index (χ0v) is 11.7. The number of rotatable bonds is 2. The second-order valence-corrected chi connectivity index (χ2v) is 5.03. The Bertz CT molecular complexity index is 766. The van der Waals surface area contributed by atoms with E-state index < -0.39 is 0 Å². The first-order valence-corrected chi connectivity index (χ1v) is 6.59. The molecule has 2 N–H and O–H groups in total. The Kier molecular flexibility index (Phi) is 3.20. The van der Waals surface area contributed by atoms with Crippen LogP contribution in [0.3, 0.4) is 0 Å². The summed E-state index contributed by atoms with van der Waals surface area (Å²) in [5.74, 6) is 1.35. The third-order valence-electron chi connectivity index (χ3n) is 2.98. The number of aryl methyl sites for hydroxylation is 1. The fraction of sp³-hybridized carbons (Fsp3) is 0.0625. The lowest BCUT2D eigenvalue weighted by Crippen LogP contribution is -1.91. The van der Waals surface area contributed by atoms with Gasteiger partial charge in [-0.25, -0.2) is 0 Å². The summed E-state index contributed by atoms with van der Waals surface area (Å²) in [6, 6.07) is 13.0. The fourth-order valence-electron chi connectivity index (χ4n) is 2.16. The minimum atomic E-state index is 0.657. The summed E-state index contributed by atoms with van der Waals surface area (Å²) in [6.07, 6.45) is 1.72. The molecule has 3 nitrogen and oxygen atoms in total. The lowest BCUT2D eigenvalue weighted by atomic mass is 10.2. The van der Waals surface area contributed by atoms with E-state index in [0.717, 1.165) is 16.5 Å². The zero-order chi connectivity index (χ0) is 14.1. The Morgan fingerprint density at radius 1 is 1.15 bits per heavy atom. The Balaban J connectivity index is 2.09. The van der Waals surface area contributed by atoms with Gasteiger partial charge < -0.3 is 10.5 Å². The summed E-state index contributed by atoms with van der Waals surface area (Å²) in [4.78, 5) is 4.34. The van der Waals surface area contributed by atoms with Gasteiger partial charge in [-0.2, -0.15) is 0 Å². The number of hydrogen-bond donors (Lipinski definition) is 1. The van der Waals surface area contributed by atoms with Crippen LogP contribution in [0.5, 0.6) is 11.5 Å². The maximum Gasteiger partial charge on any atom is 0.153 e. The van der Waals surface area contributed by atoms with E-state index >= 15 is 0 Å². The van der Waals surface area contributed by atoms with Crippen molar-refractivity contribution in [3.05, 3.63) is 59.2 Å². The maximum absolute atomic E-state index is 6.17. The van der Waals surface area contributed by atoms with Gasteiger partial charge in [0, 0.05) is 23.3 Å². The van der Waals surface area contributed by atoms with Crippen molar-refractivity contribution in [3.8, 4) is 11.5 Å². The number of ether oxygens (including phenoxy) is 1. The number of fused-ring (bicyclic) bond motifs is 1. The van der Waals surface area contributed by atoms with Crippen LogP contribution in [0.15, 0.2) is 48.7 Å². The average molecular weight is 285 g/mol. The van der Waals surface area contributed by atoms with Gasteiger partial charge in [0.15, 0.2) is 5.75 Å². The van der Waals surface area contributed by atoms with Crippen molar-refractivity contribution < 1.29 is 4.74 Å². The first-order valence-electron chi connectivity index (χ1n) is 6.22. The second kappa shape index (κ2) is 5.02. The molecule has 0 saturated heterocycles. The number of nitrogens with two attached hydrogens (primary N) is 1. The smallest absolute Gasteiger partial charge is 0.153 e. The van der Waals surface area contributed by atoms with Crippen LogP contribution in [-0.4, -0.2) is 4.98 Å². The first-order chi connectivity index (χ1) is 9.63. The standard InChI is InChI=1S/C16H13ClN2O/c1-10-7-11(18)9-12(8-10)20-15-5-4-14(17)13-3-2-6-19-16(13)15/h2-9H,18H2,1H3. The molecule has 1 heterocycles. The van der Waals surface area contributed by atoms with Crippen LogP contribution in [0, 0.1) is 6.92 Å². The van der Waals surface area contributed by atoms with E-state index in [1.807, 2.05) is 37.3 Å². The average Bonchev–Trinajstić information content (AvgIpc) is 2.41. The Morgan fingerprint density at radius 3 is 2.80 bits per heavy atom. The van der Waals surface area contributed by atoms with E-state index in [4.69, 9.17) is 22.1 Å². The fourth-order valence-corrected chi connectivity index (χ4v) is 2.37. The summed E-state index contributed by atoms with van der Waals surface area (Å²) >= 11 is 6.17. The number of pyridine rings is 1. The molecule has 0 radical (unpaired) electrons. The predicted octanol–water partition coefficient (Wildman–Crippen LogP) is 4.57. The second-order valence-electron chi connectivity index (χ2n) is 4.63. The number of halogens is 1. The summed E-state index contributed by atoms with van der Waals surface area (Å²) in [5.41, 5.74) is 8.29. The normalized spacial score (nSPS) is 10.7. The molecule has 100 valence electrons. The number of nitrogens with zero attached hydrogens (tertiary/aromatic N) is 1. The van der Waals surface area contributed by atoms with Crippen LogP contribution < -0.4 is 10.5 Å². The van der Waals surface area contributed by atoms with Crippen molar-refractivity contribution in [1.29, 1.82) is 0 Å². The molecule has 0 aliphatic heterocycles. The molecule has 0 amide bonds. The number of nitrogen functional groups attached to an aromatic ring is 1. The monoisotopic (exact) mass is 284 g/mol. The highest BCUT2D eigenvalue weighted by molar-refractivity contribution is 6.35. The van der Waals surface area contributed by atoms with Crippen molar-refractivity contribution in [1.82, 2.24) is 4.98 Å². The number of anilines is 1. The maximum atomic E-state index is 6.17. The molecule has 0 unspecified atom stereocenters. The van der Waals surface area contributed by atoms with Gasteiger partial charge in [0.05, 0.1) is 5.02 Å². The molecule has 0 fully saturated rings. The molecule has 0 aliphatic carbocycles. The molecular formula is C16H13ClN2O. The zero-order valence-electron chi connectivity index (χ0n) is 10.9. The topological polar surface area (TPSA) is 48.1 Å². The molecule has 2 aromatic carbocycles. The minimum absolute atomic E-state index is 0.657. The van der Waals surface area contributed by atoms with E-state index in [9.17, 15) is 0 Å². The van der Waals surface area contributed by atoms with Crippen molar-refractivity contribution in [3.63, 3.8) is 0 Å². The van der Waals surface area contributed by atoms with Crippen molar-refractivity contribution in [2.45, 2.75) is 6.92 Å². The Morgan fingerprint density at radius 2 is 2.00 bits per heavy atom. The van der Waals surface area contributed by atoms with Gasteiger partial charge in [0.1, 0.15) is 11.3 Å². The molecule has 4 heteroatoms. The van der Waals surface area contributed by atoms with Gasteiger partial charge in [-0.1, -0.05) is 11.6 Å². The van der Waals surface area contributed by atoms with Crippen LogP contribution in [0.2, 0.25) is 5.02 Å². The lowest BCUT2D eigenvalue weighted by molar-refractivity contribution is 0.487. The Hall–Kier alpha value is -2.26. The van der Waals surface area contributed by atoms with Crippen LogP contribution in [0.4, 0.5) is 5.69 Å². The number of hydrogen-bond acceptors (Lipinski definition) is 3. The van der Waals surface area contributed by atoms with Crippen LogP contribution in [-0.2, 0) is 0 Å². The van der Waals surface area contributed by atoms with E-state index in [-0.39, 0.29) is 0 Å². The molecule has 3 aromatic rings. The summed E-state index contributed by atoms with van der Waals surface area (Å²) < 4.78 is 5.91. The molecule has 1 aromatic heterocycles. The molecule has 3 rings (SSSR count). The van der Waals surface area contributed by atoms with Crippen molar-refractivity contribution in [2.75, 3.05) is 5.73 Å². The summed E-state index contributed by atoms with van der Waals surface area (Å²) in [7, 11) is 0. The third-order valence-corrected chi connectivity index (χ3v) is 3.31. The number of aromatic nitrogens is 1. The SMILES string of the molecule is Cc1cc(N)cc(Oc2ccc(Cl)c3cccnc23)c1. The van der Waals surface area contributed by atoms with Gasteiger partial charge in [-0.15, -0.1) is 0 Å². The van der Waals surface area contributed by atoms with Gasteiger partial charge in [-0.3, -0.25) is 4.98 Å². The number of benzene rings is 2. The highest BCUT2D eigenvalue weighted by Crippen LogP contribution is 2.33. The Labute approximate surface area is 122 Å². The first kappa shape index (κ1) is 12.8. The quantitative estimate of drug-likeness (QED) is 0.701. The van der Waals surface area contributed by atoms with Crippen molar-refractivity contribution in [2.24, 2.45) is 0 Å². The predicted molar refractivity (Wildman–Crippen MR) is 82.4 cm³/mol. The highest BCUT2D eigenvalue weighted by Gasteiger charge is 2.08. The summed E-state index contributed by atoms with van der Waals surface area (Å²) in [5, 5.41) is 1.52. The molecule has 0 atom stereocenters.